The smallest absolute Gasteiger partial charge is 0.179 e. The van der Waals surface area contributed by atoms with Gasteiger partial charge in [-0.3, -0.25) is 0 Å². The molecule has 20 aromatic rings. The predicted octanol–water partition coefficient (Wildman–Crippen LogP) is 24.3. The number of hydrogen-bond acceptors (Lipinski definition) is 4. The standard InChI is InChI=1S/C54H39NOSi.C30H21NO.C24H19BrSi/c1-5-15-40(16-6-1)41-25-30-44(31-26-41)55(45-32-27-42(28-33-45)43-29-38-54-52(39-43)51-23-13-14-24-53(51)56-54)46-34-36-50(37-35-46)57(47-17-7-2-8-18-47,48-19-9-3-10-20-48)49-21-11-4-12-22-49;1-2-6-21(7-3-1)22-10-15-25(16-11-22)31-26-17-12-23(13-18-26)24-14-19-30-28(20-24)27-8-4-5-9-29(27)32-30;25-20-16-18-24(19-17-20)26(21-10-4-1-5-11-21,22-12-6-2-7-13-22)23-14-8-3-9-15-23/h1-39H;1-20,31H;1-19H. The zero-order valence-corrected chi connectivity index (χ0v) is 66.8. The van der Waals surface area contributed by atoms with Crippen LogP contribution in [-0.4, -0.2) is 16.1 Å². The van der Waals surface area contributed by atoms with E-state index in [0.717, 1.165) is 87.9 Å². The molecule has 18 aromatic carbocycles. The summed E-state index contributed by atoms with van der Waals surface area (Å²) in [6, 6.07) is 170. The Bertz CT molecular complexity index is 6410. The maximum atomic E-state index is 6.13. The third kappa shape index (κ3) is 14.9. The van der Waals surface area contributed by atoms with Crippen LogP contribution in [-0.2, 0) is 0 Å². The fraction of sp³-hybridized carbons (Fsp3) is 0. The fourth-order valence-corrected chi connectivity index (χ4v) is 26.2. The number of fused-ring (bicyclic) bond motifs is 6. The summed E-state index contributed by atoms with van der Waals surface area (Å²) in [5.74, 6) is 0. The van der Waals surface area contributed by atoms with Gasteiger partial charge in [-0.25, -0.2) is 0 Å². The molecule has 0 amide bonds. The number of para-hydroxylation sites is 2. The monoisotopic (exact) mass is 1570 g/mol. The lowest BCUT2D eigenvalue weighted by Crippen LogP contribution is -2.74. The molecule has 4 nitrogen and oxygen atoms in total. The Hall–Kier alpha value is -13.9. The highest BCUT2D eigenvalue weighted by Gasteiger charge is 2.43. The van der Waals surface area contributed by atoms with Gasteiger partial charge in [-0.1, -0.05) is 380 Å². The summed E-state index contributed by atoms with van der Waals surface area (Å²) in [4.78, 5) is 2.37. The summed E-state index contributed by atoms with van der Waals surface area (Å²) in [6.45, 7) is 0. The molecule has 0 bridgehead atoms. The number of anilines is 5. The van der Waals surface area contributed by atoms with E-state index in [1.54, 1.807) is 0 Å². The normalized spacial score (nSPS) is 11.3. The van der Waals surface area contributed by atoms with Crippen LogP contribution < -0.4 is 51.7 Å². The second-order valence-electron chi connectivity index (χ2n) is 28.8. The summed E-state index contributed by atoms with van der Waals surface area (Å²) in [7, 11) is -5.01. The maximum absolute atomic E-state index is 6.13. The number of benzene rings is 18. The lowest BCUT2D eigenvalue weighted by Gasteiger charge is -2.35. The van der Waals surface area contributed by atoms with Crippen molar-refractivity contribution in [2.24, 2.45) is 0 Å². The van der Waals surface area contributed by atoms with Crippen molar-refractivity contribution in [3.63, 3.8) is 0 Å². The van der Waals surface area contributed by atoms with Gasteiger partial charge >= 0.3 is 0 Å². The van der Waals surface area contributed by atoms with Crippen molar-refractivity contribution in [1.82, 2.24) is 0 Å². The quantitative estimate of drug-likeness (QED) is 0.0729. The Morgan fingerprint density at radius 3 is 0.739 bits per heavy atom. The molecule has 0 spiro atoms. The molecule has 0 aliphatic carbocycles. The minimum Gasteiger partial charge on any atom is -0.456 e. The molecular weight excluding hydrogens is 1490 g/mol. The summed E-state index contributed by atoms with van der Waals surface area (Å²) in [6.07, 6.45) is 0. The first-order valence-corrected chi connectivity index (χ1v) is 43.8. The van der Waals surface area contributed by atoms with E-state index in [4.69, 9.17) is 8.83 Å². The highest BCUT2D eigenvalue weighted by molar-refractivity contribution is 9.10. The summed E-state index contributed by atoms with van der Waals surface area (Å²) < 4.78 is 13.2. The first kappa shape index (κ1) is 72.6. The van der Waals surface area contributed by atoms with E-state index >= 15 is 0 Å². The zero-order chi connectivity index (χ0) is 77.2. The minimum atomic E-state index is -2.66. The maximum Gasteiger partial charge on any atom is 0.179 e. The van der Waals surface area contributed by atoms with Gasteiger partial charge in [0.1, 0.15) is 22.3 Å². The van der Waals surface area contributed by atoms with E-state index in [1.165, 1.54) is 74.9 Å². The van der Waals surface area contributed by atoms with Crippen LogP contribution in [0.5, 0.6) is 0 Å². The van der Waals surface area contributed by atoms with Crippen LogP contribution in [0, 0.1) is 0 Å². The molecule has 115 heavy (non-hydrogen) atoms. The SMILES string of the molecule is Brc1ccc([Si](c2ccccc2)(c2ccccc2)c2ccccc2)cc1.c1ccc(-c2ccc(N(c3ccc(-c4ccc5oc6ccccc6c5c4)cc3)c3ccc([Si](c4ccccc4)(c4ccccc4)c4ccccc4)cc3)cc2)cc1.c1ccc(-c2ccc(Nc3ccc(-c4ccc5oc6ccccc6c5c4)cc3)cc2)cc1. The van der Waals surface area contributed by atoms with Crippen molar-refractivity contribution in [2.75, 3.05) is 10.2 Å². The van der Waals surface area contributed by atoms with Gasteiger partial charge in [-0.2, -0.15) is 0 Å². The fourth-order valence-electron chi connectivity index (χ4n) is 16.5. The Balaban J connectivity index is 0.000000133. The van der Waals surface area contributed by atoms with E-state index in [1.807, 2.05) is 30.3 Å². The van der Waals surface area contributed by atoms with Crippen molar-refractivity contribution in [3.05, 3.63) is 478 Å². The van der Waals surface area contributed by atoms with Crippen LogP contribution in [0.25, 0.3) is 88.4 Å². The average molecular weight is 1570 g/mol. The van der Waals surface area contributed by atoms with Crippen LogP contribution in [0.1, 0.15) is 0 Å². The van der Waals surface area contributed by atoms with Gasteiger partial charge < -0.3 is 19.1 Å². The third-order valence-electron chi connectivity index (χ3n) is 22.0. The van der Waals surface area contributed by atoms with Crippen LogP contribution in [0.2, 0.25) is 0 Å². The van der Waals surface area contributed by atoms with Gasteiger partial charge in [-0.05, 0) is 195 Å². The number of hydrogen-bond donors (Lipinski definition) is 1. The number of furan rings is 2. The van der Waals surface area contributed by atoms with E-state index < -0.39 is 16.1 Å². The highest BCUT2D eigenvalue weighted by Crippen LogP contribution is 2.39. The summed E-state index contributed by atoms with van der Waals surface area (Å²) in [5, 5.41) is 19.1. The lowest BCUT2D eigenvalue weighted by molar-refractivity contribution is 0.668. The second-order valence-corrected chi connectivity index (χ2v) is 37.3. The molecule has 548 valence electrons. The Morgan fingerprint density at radius 2 is 0.417 bits per heavy atom. The number of halogens is 1. The second kappa shape index (κ2) is 33.2. The van der Waals surface area contributed by atoms with Crippen LogP contribution in [0.4, 0.5) is 28.4 Å². The van der Waals surface area contributed by atoms with Crippen LogP contribution >= 0.6 is 15.9 Å². The molecule has 0 saturated heterocycles. The minimum absolute atomic E-state index is 0.906. The van der Waals surface area contributed by atoms with E-state index in [0.29, 0.717) is 0 Å². The van der Waals surface area contributed by atoms with E-state index in [-0.39, 0.29) is 0 Å². The van der Waals surface area contributed by atoms with Gasteiger partial charge in [0.25, 0.3) is 0 Å². The Labute approximate surface area is 682 Å². The molecule has 0 unspecified atom stereocenters. The molecule has 7 heteroatoms. The highest BCUT2D eigenvalue weighted by atomic mass is 79.9. The molecule has 0 fully saturated rings. The predicted molar refractivity (Wildman–Crippen MR) is 495 cm³/mol. The molecule has 2 aromatic heterocycles. The van der Waals surface area contributed by atoms with Gasteiger partial charge in [0, 0.05) is 54.5 Å². The molecule has 20 rings (SSSR count). The van der Waals surface area contributed by atoms with E-state index in [9.17, 15) is 0 Å². The molecular formula is C108H79BrN2O2Si2. The van der Waals surface area contributed by atoms with Crippen molar-refractivity contribution in [2.45, 2.75) is 0 Å². The average Bonchev–Trinajstić information content (AvgIpc) is 0.873. The number of nitrogens with zero attached hydrogens (tertiary/aromatic N) is 1. The Kier molecular flexibility index (Phi) is 20.9. The summed E-state index contributed by atoms with van der Waals surface area (Å²) >= 11 is 3.60. The van der Waals surface area contributed by atoms with Gasteiger partial charge in [0.05, 0.1) is 0 Å². The van der Waals surface area contributed by atoms with Crippen molar-refractivity contribution in [1.29, 1.82) is 0 Å². The molecule has 0 radical (unpaired) electrons. The topological polar surface area (TPSA) is 41.6 Å². The van der Waals surface area contributed by atoms with Crippen LogP contribution in [0.3, 0.4) is 0 Å². The van der Waals surface area contributed by atoms with Crippen LogP contribution in [0.15, 0.2) is 486 Å². The molecule has 0 saturated carbocycles. The third-order valence-corrected chi connectivity index (χ3v) is 32.1. The molecule has 0 atom stereocenters. The largest absolute Gasteiger partial charge is 0.456 e. The molecule has 2 heterocycles. The first-order chi connectivity index (χ1) is 56.9. The first-order valence-electron chi connectivity index (χ1n) is 39.0. The molecule has 0 aliphatic heterocycles. The van der Waals surface area contributed by atoms with Gasteiger partial charge in [0.2, 0.25) is 0 Å². The van der Waals surface area contributed by atoms with Crippen molar-refractivity contribution in [3.8, 4) is 44.5 Å². The lowest BCUT2D eigenvalue weighted by atomic mass is 10.0. The van der Waals surface area contributed by atoms with Gasteiger partial charge in [0.15, 0.2) is 16.1 Å². The van der Waals surface area contributed by atoms with Gasteiger partial charge in [-0.15, -0.1) is 0 Å². The number of rotatable bonds is 17. The molecule has 1 N–H and O–H groups in total. The molecule has 0 aliphatic rings. The summed E-state index contributed by atoms with van der Waals surface area (Å²) in [5.41, 5.74) is 18.6. The van der Waals surface area contributed by atoms with E-state index in [2.05, 4.69) is 469 Å². The zero-order valence-electron chi connectivity index (χ0n) is 63.2. The van der Waals surface area contributed by atoms with Crippen molar-refractivity contribution >= 4 is 146 Å². The Morgan fingerprint density at radius 1 is 0.191 bits per heavy atom. The number of nitrogens with one attached hydrogen (secondary N) is 1. The van der Waals surface area contributed by atoms with Crippen molar-refractivity contribution < 1.29 is 8.83 Å².